The summed E-state index contributed by atoms with van der Waals surface area (Å²) in [5, 5.41) is 5.61. The monoisotopic (exact) mass is 489 g/mol. The zero-order valence-corrected chi connectivity index (χ0v) is 19.8. The number of nitrogens with zero attached hydrogens (tertiary/aromatic N) is 3. The molecule has 0 N–H and O–H groups in total. The molecule has 11 heteroatoms. The smallest absolute Gasteiger partial charge is 0.269 e. The van der Waals surface area contributed by atoms with Gasteiger partial charge in [-0.25, -0.2) is 12.8 Å². The number of benzene rings is 2. The van der Waals surface area contributed by atoms with Crippen molar-refractivity contribution >= 4 is 27.0 Å². The number of halogens is 1. The minimum absolute atomic E-state index is 0.0205. The minimum Gasteiger partial charge on any atom is -0.497 e. The van der Waals surface area contributed by atoms with E-state index in [-0.39, 0.29) is 27.2 Å². The zero-order valence-electron chi connectivity index (χ0n) is 18.2. The van der Waals surface area contributed by atoms with Gasteiger partial charge in [-0.1, -0.05) is 11.2 Å². The molecular formula is C22H20FN3O5S2. The Kier molecular flexibility index (Phi) is 6.09. The van der Waals surface area contributed by atoms with Crippen molar-refractivity contribution in [3.8, 4) is 33.7 Å². The van der Waals surface area contributed by atoms with Gasteiger partial charge in [0.05, 0.1) is 25.5 Å². The van der Waals surface area contributed by atoms with Crippen LogP contribution in [-0.2, 0) is 10.0 Å². The van der Waals surface area contributed by atoms with E-state index in [1.165, 1.54) is 32.4 Å². The van der Waals surface area contributed by atoms with Crippen LogP contribution in [0.15, 0.2) is 57.3 Å². The molecular weight excluding hydrogens is 469 g/mol. The number of anilines is 1. The highest BCUT2D eigenvalue weighted by atomic mass is 32.2. The highest BCUT2D eigenvalue weighted by Crippen LogP contribution is 2.37. The van der Waals surface area contributed by atoms with E-state index >= 15 is 0 Å². The molecule has 33 heavy (non-hydrogen) atoms. The highest BCUT2D eigenvalue weighted by Gasteiger charge is 2.29. The third-order valence-electron chi connectivity index (χ3n) is 5.06. The molecule has 0 bridgehead atoms. The average Bonchev–Trinajstić information content (AvgIpc) is 3.50. The van der Waals surface area contributed by atoms with E-state index in [9.17, 15) is 12.8 Å². The van der Waals surface area contributed by atoms with Gasteiger partial charge in [-0.15, -0.1) is 11.3 Å². The third kappa shape index (κ3) is 4.16. The van der Waals surface area contributed by atoms with Crippen LogP contribution < -0.4 is 13.8 Å². The second-order valence-electron chi connectivity index (χ2n) is 7.01. The first-order valence-electron chi connectivity index (χ1n) is 9.65. The lowest BCUT2D eigenvalue weighted by Gasteiger charge is -2.19. The van der Waals surface area contributed by atoms with Gasteiger partial charge in [0, 0.05) is 13.1 Å². The van der Waals surface area contributed by atoms with Crippen LogP contribution in [0.3, 0.4) is 0 Å². The summed E-state index contributed by atoms with van der Waals surface area (Å²) in [7, 11) is 0.387. The number of methoxy groups -OCH3 is 2. The van der Waals surface area contributed by atoms with E-state index in [2.05, 4.69) is 10.1 Å². The molecule has 0 atom stereocenters. The maximum absolute atomic E-state index is 14.0. The summed E-state index contributed by atoms with van der Waals surface area (Å²) in [6.07, 6.45) is 0. The Balaban J connectivity index is 1.71. The normalized spacial score (nSPS) is 11.4. The lowest BCUT2D eigenvalue weighted by Crippen LogP contribution is -2.26. The SMILES string of the molecule is COc1ccc(-c2noc(-c3sccc3S(=O)(=O)N(C)c3ccc(C)c(F)c3)n2)c(OC)c1. The van der Waals surface area contributed by atoms with Crippen molar-refractivity contribution in [2.24, 2.45) is 0 Å². The number of aromatic nitrogens is 2. The van der Waals surface area contributed by atoms with Crippen LogP contribution in [0.4, 0.5) is 10.1 Å². The van der Waals surface area contributed by atoms with Crippen molar-refractivity contribution < 1.29 is 26.8 Å². The fourth-order valence-corrected chi connectivity index (χ4v) is 5.63. The number of thiophene rings is 1. The number of rotatable bonds is 7. The molecule has 0 radical (unpaired) electrons. The molecule has 0 spiro atoms. The number of aryl methyl sites for hydroxylation is 1. The summed E-state index contributed by atoms with van der Waals surface area (Å²) >= 11 is 1.14. The minimum atomic E-state index is -4.03. The van der Waals surface area contributed by atoms with Crippen LogP contribution in [0.5, 0.6) is 11.5 Å². The van der Waals surface area contributed by atoms with Gasteiger partial charge in [-0.2, -0.15) is 4.98 Å². The molecule has 4 aromatic rings. The van der Waals surface area contributed by atoms with Crippen LogP contribution in [0.2, 0.25) is 0 Å². The summed E-state index contributed by atoms with van der Waals surface area (Å²) in [5.41, 5.74) is 1.18. The van der Waals surface area contributed by atoms with E-state index in [1.807, 2.05) is 0 Å². The second kappa shape index (κ2) is 8.83. The quantitative estimate of drug-likeness (QED) is 0.370. The first kappa shape index (κ1) is 22.7. The van der Waals surface area contributed by atoms with Crippen LogP contribution in [0.25, 0.3) is 22.2 Å². The van der Waals surface area contributed by atoms with Crippen molar-refractivity contribution in [1.29, 1.82) is 0 Å². The van der Waals surface area contributed by atoms with E-state index in [0.717, 1.165) is 15.6 Å². The summed E-state index contributed by atoms with van der Waals surface area (Å²) < 4.78 is 57.7. The Bertz CT molecular complexity index is 1420. The lowest BCUT2D eigenvalue weighted by molar-refractivity contribution is 0.394. The van der Waals surface area contributed by atoms with Crippen LogP contribution in [-0.4, -0.2) is 39.8 Å². The Morgan fingerprint density at radius 1 is 1.09 bits per heavy atom. The maximum atomic E-state index is 14.0. The molecule has 4 rings (SSSR count). The molecule has 8 nitrogen and oxygen atoms in total. The van der Waals surface area contributed by atoms with Gasteiger partial charge in [0.2, 0.25) is 5.82 Å². The van der Waals surface area contributed by atoms with Crippen LogP contribution in [0, 0.1) is 12.7 Å². The molecule has 0 aliphatic rings. The highest BCUT2D eigenvalue weighted by molar-refractivity contribution is 7.93. The van der Waals surface area contributed by atoms with Crippen molar-refractivity contribution in [2.75, 3.05) is 25.6 Å². The predicted molar refractivity (Wildman–Crippen MR) is 123 cm³/mol. The summed E-state index contributed by atoms with van der Waals surface area (Å²) in [6.45, 7) is 1.61. The van der Waals surface area contributed by atoms with E-state index in [0.29, 0.717) is 22.6 Å². The molecule has 0 aliphatic carbocycles. The molecule has 2 heterocycles. The molecule has 172 valence electrons. The van der Waals surface area contributed by atoms with Gasteiger partial charge in [-0.3, -0.25) is 4.31 Å². The first-order chi connectivity index (χ1) is 15.8. The molecule has 0 amide bonds. The van der Waals surface area contributed by atoms with Crippen LogP contribution >= 0.6 is 11.3 Å². The summed E-state index contributed by atoms with van der Waals surface area (Å²) in [4.78, 5) is 4.65. The predicted octanol–water partition coefficient (Wildman–Crippen LogP) is 4.75. The standard InChI is InChI=1S/C22H20FN3O5S2/c1-13-5-6-14(11-17(13)23)26(2)33(27,28)19-9-10-32-20(19)22-24-21(25-31-22)16-8-7-15(29-3)12-18(16)30-4/h5-12H,1-4H3. The van der Waals surface area contributed by atoms with Crippen LogP contribution in [0.1, 0.15) is 5.56 Å². The Labute approximate surface area is 194 Å². The van der Waals surface area contributed by atoms with Crippen molar-refractivity contribution in [3.05, 3.63) is 59.2 Å². The first-order valence-corrected chi connectivity index (χ1v) is 12.0. The van der Waals surface area contributed by atoms with Gasteiger partial charge in [0.15, 0.2) is 0 Å². The number of sulfonamides is 1. The number of hydrogen-bond donors (Lipinski definition) is 0. The topological polar surface area (TPSA) is 94.8 Å². The zero-order chi connectivity index (χ0) is 23.8. The van der Waals surface area contributed by atoms with Gasteiger partial charge in [0.1, 0.15) is 27.1 Å². The van der Waals surface area contributed by atoms with E-state index < -0.39 is 15.8 Å². The van der Waals surface area contributed by atoms with E-state index in [1.54, 1.807) is 43.7 Å². The Morgan fingerprint density at radius 2 is 1.88 bits per heavy atom. The number of hydrogen-bond acceptors (Lipinski definition) is 8. The fourth-order valence-electron chi connectivity index (χ4n) is 3.13. The van der Waals surface area contributed by atoms with Crippen molar-refractivity contribution in [3.63, 3.8) is 0 Å². The largest absolute Gasteiger partial charge is 0.497 e. The Hall–Kier alpha value is -3.44. The molecule has 0 unspecified atom stereocenters. The third-order valence-corrected chi connectivity index (χ3v) is 7.92. The molecule has 0 aliphatic heterocycles. The Morgan fingerprint density at radius 3 is 2.58 bits per heavy atom. The van der Waals surface area contributed by atoms with Gasteiger partial charge >= 0.3 is 0 Å². The lowest BCUT2D eigenvalue weighted by atomic mass is 10.2. The summed E-state index contributed by atoms with van der Waals surface area (Å²) in [6, 6.07) is 10.8. The van der Waals surface area contributed by atoms with E-state index in [4.69, 9.17) is 14.0 Å². The summed E-state index contributed by atoms with van der Waals surface area (Å²) in [5.74, 6) is 0.855. The second-order valence-corrected chi connectivity index (χ2v) is 9.86. The van der Waals surface area contributed by atoms with Crippen molar-refractivity contribution in [2.45, 2.75) is 11.8 Å². The molecule has 2 aromatic heterocycles. The number of ether oxygens (including phenoxy) is 2. The molecule has 0 fully saturated rings. The van der Waals surface area contributed by atoms with Gasteiger partial charge in [0.25, 0.3) is 15.9 Å². The molecule has 0 saturated heterocycles. The molecule has 2 aromatic carbocycles. The van der Waals surface area contributed by atoms with Crippen molar-refractivity contribution in [1.82, 2.24) is 10.1 Å². The van der Waals surface area contributed by atoms with Gasteiger partial charge in [-0.05, 0) is 48.2 Å². The fraction of sp³-hybridized carbons (Fsp3) is 0.182. The maximum Gasteiger partial charge on any atom is 0.269 e. The average molecular weight is 490 g/mol. The molecule has 0 saturated carbocycles. The van der Waals surface area contributed by atoms with Gasteiger partial charge < -0.3 is 14.0 Å².